The van der Waals surface area contributed by atoms with Gasteiger partial charge in [-0.05, 0) is 37.3 Å². The average Bonchev–Trinajstić information content (AvgIpc) is 3.34. The maximum absolute atomic E-state index is 12.9. The Morgan fingerprint density at radius 1 is 1.27 bits per heavy atom. The fourth-order valence-corrected chi connectivity index (χ4v) is 4.45. The number of benzene rings is 1. The largest absolute Gasteiger partial charge is 0.466 e. The summed E-state index contributed by atoms with van der Waals surface area (Å²) >= 11 is 1.46. The van der Waals surface area contributed by atoms with Gasteiger partial charge in [0.1, 0.15) is 0 Å². The lowest BCUT2D eigenvalue weighted by Crippen LogP contribution is -2.34. The van der Waals surface area contributed by atoms with E-state index in [4.69, 9.17) is 14.6 Å². The SMILES string of the molecule is CCOC(=O)CCCN1N=C(c2cccs2)C(c2cccc([N+](=O)[O-])c2)C(C(=O)OC)=C1C. The Morgan fingerprint density at radius 2 is 2.06 bits per heavy atom. The van der Waals surface area contributed by atoms with E-state index in [1.165, 1.54) is 30.6 Å². The summed E-state index contributed by atoms with van der Waals surface area (Å²) < 4.78 is 10.1. The van der Waals surface area contributed by atoms with E-state index in [9.17, 15) is 19.7 Å². The third-order valence-electron chi connectivity index (χ3n) is 5.22. The first kappa shape index (κ1) is 24.1. The molecule has 1 atom stereocenters. The quantitative estimate of drug-likeness (QED) is 0.305. The number of non-ortho nitro benzene ring substituents is 1. The zero-order chi connectivity index (χ0) is 24.0. The van der Waals surface area contributed by atoms with E-state index >= 15 is 0 Å². The number of ether oxygens (including phenoxy) is 2. The molecule has 1 aromatic carbocycles. The van der Waals surface area contributed by atoms with Gasteiger partial charge >= 0.3 is 11.9 Å². The maximum atomic E-state index is 12.9. The molecule has 1 unspecified atom stereocenters. The fraction of sp³-hybridized carbons (Fsp3) is 0.348. The van der Waals surface area contributed by atoms with E-state index in [-0.39, 0.29) is 18.1 Å². The van der Waals surface area contributed by atoms with Gasteiger partial charge in [0.2, 0.25) is 0 Å². The number of hydrazone groups is 1. The second kappa shape index (κ2) is 10.9. The van der Waals surface area contributed by atoms with Crippen LogP contribution >= 0.6 is 11.3 Å². The number of methoxy groups -OCH3 is 1. The van der Waals surface area contributed by atoms with E-state index in [0.29, 0.717) is 42.1 Å². The zero-order valence-corrected chi connectivity index (χ0v) is 19.5. The minimum atomic E-state index is -0.641. The third-order valence-corrected chi connectivity index (χ3v) is 6.11. The van der Waals surface area contributed by atoms with Crippen molar-refractivity contribution in [2.24, 2.45) is 5.10 Å². The molecular formula is C23H25N3O6S. The lowest BCUT2D eigenvalue weighted by molar-refractivity contribution is -0.384. The van der Waals surface area contributed by atoms with Crippen LogP contribution in [0.5, 0.6) is 0 Å². The molecule has 1 aromatic heterocycles. The highest BCUT2D eigenvalue weighted by molar-refractivity contribution is 7.12. The number of thiophene rings is 1. The Balaban J connectivity index is 2.07. The lowest BCUT2D eigenvalue weighted by atomic mass is 9.83. The second-order valence-electron chi connectivity index (χ2n) is 7.27. The molecule has 0 amide bonds. The number of nitro benzene ring substituents is 1. The summed E-state index contributed by atoms with van der Waals surface area (Å²) in [7, 11) is 1.30. The first-order valence-electron chi connectivity index (χ1n) is 10.5. The van der Waals surface area contributed by atoms with Crippen LogP contribution in [0, 0.1) is 10.1 Å². The van der Waals surface area contributed by atoms with Crippen molar-refractivity contribution in [3.63, 3.8) is 0 Å². The van der Waals surface area contributed by atoms with Gasteiger partial charge in [-0.25, -0.2) is 4.79 Å². The topological polar surface area (TPSA) is 111 Å². The highest BCUT2D eigenvalue weighted by Crippen LogP contribution is 2.38. The average molecular weight is 472 g/mol. The molecule has 0 radical (unpaired) electrons. The summed E-state index contributed by atoms with van der Waals surface area (Å²) in [5.74, 6) is -1.47. The van der Waals surface area contributed by atoms with Gasteiger partial charge in [-0.1, -0.05) is 18.2 Å². The molecule has 9 nitrogen and oxygen atoms in total. The Labute approximate surface area is 195 Å². The van der Waals surface area contributed by atoms with E-state index in [1.807, 2.05) is 17.5 Å². The third kappa shape index (κ3) is 5.46. The normalized spacial score (nSPS) is 15.8. The van der Waals surface area contributed by atoms with E-state index in [2.05, 4.69) is 0 Å². The van der Waals surface area contributed by atoms with Crippen molar-refractivity contribution in [2.45, 2.75) is 32.6 Å². The molecule has 174 valence electrons. The molecule has 0 fully saturated rings. The van der Waals surface area contributed by atoms with Gasteiger partial charge in [0.05, 0.1) is 40.7 Å². The highest BCUT2D eigenvalue weighted by Gasteiger charge is 2.37. The van der Waals surface area contributed by atoms with Crippen molar-refractivity contribution in [1.82, 2.24) is 5.01 Å². The van der Waals surface area contributed by atoms with Crippen molar-refractivity contribution in [2.75, 3.05) is 20.3 Å². The standard InChI is InChI=1S/C23H25N3O6S/c1-4-32-19(27)11-6-12-25-15(2)20(23(28)31-3)21(22(24-25)18-10-7-13-33-18)16-8-5-9-17(14-16)26(29)30/h5,7-10,13-14,21H,4,6,11-12H2,1-3H3. The summed E-state index contributed by atoms with van der Waals surface area (Å²) in [6, 6.07) is 9.97. The number of rotatable bonds is 9. The van der Waals surface area contributed by atoms with E-state index in [1.54, 1.807) is 31.0 Å². The molecule has 1 aliphatic heterocycles. The minimum absolute atomic E-state index is 0.0724. The molecule has 0 spiro atoms. The van der Waals surface area contributed by atoms with Crippen LogP contribution in [0.25, 0.3) is 0 Å². The van der Waals surface area contributed by atoms with Crippen LogP contribution in [-0.4, -0.2) is 47.8 Å². The van der Waals surface area contributed by atoms with Crippen LogP contribution in [0.15, 0.2) is 58.1 Å². The fourth-order valence-electron chi connectivity index (χ4n) is 3.71. The van der Waals surface area contributed by atoms with Gasteiger partial charge in [0.15, 0.2) is 0 Å². The summed E-state index contributed by atoms with van der Waals surface area (Å²) in [6.45, 7) is 4.22. The number of esters is 2. The summed E-state index contributed by atoms with van der Waals surface area (Å²) in [5, 5.41) is 19.8. The Morgan fingerprint density at radius 3 is 2.70 bits per heavy atom. The van der Waals surface area contributed by atoms with E-state index < -0.39 is 16.8 Å². The van der Waals surface area contributed by atoms with Gasteiger partial charge in [-0.3, -0.25) is 19.9 Å². The second-order valence-corrected chi connectivity index (χ2v) is 8.22. The van der Waals surface area contributed by atoms with Gasteiger partial charge in [-0.15, -0.1) is 11.3 Å². The maximum Gasteiger partial charge on any atom is 0.336 e. The van der Waals surface area contributed by atoms with Crippen molar-refractivity contribution in [3.8, 4) is 0 Å². The molecule has 0 bridgehead atoms. The van der Waals surface area contributed by atoms with Gasteiger partial charge < -0.3 is 9.47 Å². The number of allylic oxidation sites excluding steroid dienone is 1. The van der Waals surface area contributed by atoms with E-state index in [0.717, 1.165) is 4.88 Å². The minimum Gasteiger partial charge on any atom is -0.466 e. The number of carbonyl (C=O) groups is 2. The lowest BCUT2D eigenvalue weighted by Gasteiger charge is -2.33. The van der Waals surface area contributed by atoms with Crippen molar-refractivity contribution >= 4 is 34.7 Å². The first-order chi connectivity index (χ1) is 15.9. The molecule has 0 saturated carbocycles. The predicted molar refractivity (Wildman–Crippen MR) is 124 cm³/mol. The molecule has 10 heteroatoms. The van der Waals surface area contributed by atoms with Crippen LogP contribution in [-0.2, 0) is 19.1 Å². The molecule has 2 aromatic rings. The Hall–Kier alpha value is -3.53. The molecule has 3 rings (SSSR count). The highest BCUT2D eigenvalue weighted by atomic mass is 32.1. The number of carbonyl (C=O) groups excluding carboxylic acids is 2. The molecule has 0 saturated heterocycles. The van der Waals surface area contributed by atoms with Crippen LogP contribution < -0.4 is 0 Å². The Kier molecular flexibility index (Phi) is 7.94. The van der Waals surface area contributed by atoms with Gasteiger partial charge in [0.25, 0.3) is 5.69 Å². The number of nitrogens with zero attached hydrogens (tertiary/aromatic N) is 3. The van der Waals surface area contributed by atoms with Crippen LogP contribution in [0.3, 0.4) is 0 Å². The Bertz CT molecular complexity index is 1090. The van der Waals surface area contributed by atoms with Crippen LogP contribution in [0.4, 0.5) is 5.69 Å². The molecular weight excluding hydrogens is 446 g/mol. The summed E-state index contributed by atoms with van der Waals surface area (Å²) in [6.07, 6.45) is 0.705. The molecule has 1 aliphatic rings. The smallest absolute Gasteiger partial charge is 0.336 e. The van der Waals surface area contributed by atoms with Crippen molar-refractivity contribution in [3.05, 3.63) is 73.6 Å². The van der Waals surface area contributed by atoms with Crippen molar-refractivity contribution in [1.29, 1.82) is 0 Å². The number of hydrogen-bond donors (Lipinski definition) is 0. The molecule has 0 N–H and O–H groups in total. The van der Waals surface area contributed by atoms with Crippen LogP contribution in [0.1, 0.15) is 43.0 Å². The van der Waals surface area contributed by atoms with Crippen molar-refractivity contribution < 1.29 is 24.0 Å². The predicted octanol–water partition coefficient (Wildman–Crippen LogP) is 4.25. The monoisotopic (exact) mass is 471 g/mol. The summed E-state index contributed by atoms with van der Waals surface area (Å²) in [4.78, 5) is 36.4. The number of hydrogen-bond acceptors (Lipinski definition) is 9. The van der Waals surface area contributed by atoms with Gasteiger partial charge in [-0.2, -0.15) is 5.10 Å². The molecule has 33 heavy (non-hydrogen) atoms. The van der Waals surface area contributed by atoms with Gasteiger partial charge in [0, 0.05) is 30.8 Å². The zero-order valence-electron chi connectivity index (χ0n) is 18.6. The number of nitro groups is 1. The molecule has 0 aliphatic carbocycles. The summed E-state index contributed by atoms with van der Waals surface area (Å²) in [5.41, 5.74) is 2.02. The van der Waals surface area contributed by atoms with Crippen LogP contribution in [0.2, 0.25) is 0 Å². The molecule has 2 heterocycles. The first-order valence-corrected chi connectivity index (χ1v) is 11.3.